The average molecular weight is 367 g/mol. The maximum atomic E-state index is 11.3. The number of aliphatic hydroxyl groups is 6. The second kappa shape index (κ2) is 8.66. The number of aliphatic hydroxyl groups excluding tert-OH is 6. The van der Waals surface area contributed by atoms with Crippen LogP contribution in [0, 0.1) is 0 Å². The summed E-state index contributed by atoms with van der Waals surface area (Å²) in [6.07, 6.45) is -10.4. The van der Waals surface area contributed by atoms with Gasteiger partial charge in [-0.3, -0.25) is 4.79 Å². The minimum atomic E-state index is -1.62. The molecule has 0 aromatic carbocycles. The molecule has 0 aromatic heterocycles. The molecular weight excluding hydrogens is 342 g/mol. The minimum Gasteiger partial charge on any atom is -0.394 e. The van der Waals surface area contributed by atoms with Crippen molar-refractivity contribution in [1.29, 1.82) is 0 Å². The van der Waals surface area contributed by atoms with E-state index in [9.17, 15) is 35.4 Å². The van der Waals surface area contributed by atoms with Gasteiger partial charge in [-0.25, -0.2) is 0 Å². The highest BCUT2D eigenvalue weighted by Gasteiger charge is 2.47. The van der Waals surface area contributed by atoms with Gasteiger partial charge in [0.25, 0.3) is 0 Å². The number of hydrogen-bond acceptors (Lipinski definition) is 10. The predicted octanol–water partition coefficient (Wildman–Crippen LogP) is -4.22. The summed E-state index contributed by atoms with van der Waals surface area (Å²) in [5, 5.41) is 60.5. The van der Waals surface area contributed by atoms with Crippen LogP contribution < -0.4 is 5.32 Å². The molecule has 25 heavy (non-hydrogen) atoms. The zero-order chi connectivity index (χ0) is 18.7. The summed E-state index contributed by atoms with van der Waals surface area (Å²) in [4.78, 5) is 11.3. The van der Waals surface area contributed by atoms with Crippen molar-refractivity contribution >= 4 is 5.91 Å². The SMILES string of the molecule is CC(=O)N[C@@H]1[C@@H](O[C@@H]2O[C@H](CO)[C@H](O)[C@H](O)[C@H]2O)C[C@@H](CO)O[C@@H]1O. The second-order valence-corrected chi connectivity index (χ2v) is 6.17. The Morgan fingerprint density at radius 3 is 2.32 bits per heavy atom. The van der Waals surface area contributed by atoms with Crippen LogP contribution in [-0.2, 0) is 19.0 Å². The maximum absolute atomic E-state index is 11.3. The van der Waals surface area contributed by atoms with Crippen molar-refractivity contribution in [2.75, 3.05) is 13.2 Å². The van der Waals surface area contributed by atoms with Gasteiger partial charge in [0.2, 0.25) is 5.91 Å². The van der Waals surface area contributed by atoms with E-state index in [4.69, 9.17) is 14.2 Å². The Morgan fingerprint density at radius 1 is 1.08 bits per heavy atom. The van der Waals surface area contributed by atoms with Gasteiger partial charge in [-0.1, -0.05) is 0 Å². The van der Waals surface area contributed by atoms with Gasteiger partial charge in [-0.15, -0.1) is 0 Å². The van der Waals surface area contributed by atoms with Gasteiger partial charge < -0.3 is 50.2 Å². The number of carbonyl (C=O) groups excluding carboxylic acids is 1. The largest absolute Gasteiger partial charge is 0.394 e. The van der Waals surface area contributed by atoms with Crippen LogP contribution in [0.15, 0.2) is 0 Å². The molecule has 2 aliphatic rings. The highest BCUT2D eigenvalue weighted by Crippen LogP contribution is 2.28. The molecule has 0 aromatic rings. The molecule has 2 rings (SSSR count). The second-order valence-electron chi connectivity index (χ2n) is 6.17. The standard InChI is InChI=1S/C14H25NO10/c1-5(18)15-9-7(2-6(3-16)23-13(9)22)24-14-12(21)11(20)10(19)8(4-17)25-14/h6-14,16-17,19-22H,2-4H2,1H3,(H,15,18)/t6-,7-,8+,9+,10-,11-,12+,13-,14+/m0/s1. The molecule has 0 radical (unpaired) electrons. The molecule has 11 nitrogen and oxygen atoms in total. The first kappa shape index (κ1) is 20.4. The Balaban J connectivity index is 2.13. The zero-order valence-electron chi connectivity index (χ0n) is 13.6. The summed E-state index contributed by atoms with van der Waals surface area (Å²) < 4.78 is 16.0. The van der Waals surface area contributed by atoms with E-state index in [2.05, 4.69) is 5.32 Å². The molecule has 0 aliphatic carbocycles. The van der Waals surface area contributed by atoms with Crippen molar-refractivity contribution in [3.05, 3.63) is 0 Å². The van der Waals surface area contributed by atoms with Gasteiger partial charge in [0, 0.05) is 13.3 Å². The zero-order valence-corrected chi connectivity index (χ0v) is 13.6. The van der Waals surface area contributed by atoms with E-state index in [1.165, 1.54) is 6.92 Å². The molecule has 1 amide bonds. The van der Waals surface area contributed by atoms with Crippen LogP contribution in [0.4, 0.5) is 0 Å². The maximum Gasteiger partial charge on any atom is 0.217 e. The fourth-order valence-electron chi connectivity index (χ4n) is 2.94. The van der Waals surface area contributed by atoms with E-state index in [0.29, 0.717) is 0 Å². The first-order valence-corrected chi connectivity index (χ1v) is 7.96. The third-order valence-electron chi connectivity index (χ3n) is 4.27. The van der Waals surface area contributed by atoms with Crippen LogP contribution in [0.3, 0.4) is 0 Å². The molecule has 11 heteroatoms. The Labute approximate surface area is 143 Å². The predicted molar refractivity (Wildman–Crippen MR) is 78.8 cm³/mol. The van der Waals surface area contributed by atoms with Crippen LogP contribution in [0.1, 0.15) is 13.3 Å². The lowest BCUT2D eigenvalue weighted by Crippen LogP contribution is -2.63. The summed E-state index contributed by atoms with van der Waals surface area (Å²) in [5.41, 5.74) is 0. The molecule has 9 atom stereocenters. The van der Waals surface area contributed by atoms with E-state index in [1.54, 1.807) is 0 Å². The summed E-state index contributed by atoms with van der Waals surface area (Å²) in [5.74, 6) is -0.461. The quantitative estimate of drug-likeness (QED) is 0.252. The molecule has 2 saturated heterocycles. The van der Waals surface area contributed by atoms with E-state index in [1.807, 2.05) is 0 Å². The van der Waals surface area contributed by atoms with E-state index >= 15 is 0 Å². The van der Waals surface area contributed by atoms with Crippen molar-refractivity contribution in [2.24, 2.45) is 0 Å². The van der Waals surface area contributed by atoms with Crippen LogP contribution in [0.5, 0.6) is 0 Å². The molecule has 2 aliphatic heterocycles. The van der Waals surface area contributed by atoms with Gasteiger partial charge in [-0.05, 0) is 0 Å². The Morgan fingerprint density at radius 2 is 1.76 bits per heavy atom. The van der Waals surface area contributed by atoms with E-state index < -0.39 is 74.4 Å². The van der Waals surface area contributed by atoms with E-state index in [0.717, 1.165) is 0 Å². The summed E-state index contributed by atoms with van der Waals surface area (Å²) in [7, 11) is 0. The molecular formula is C14H25NO10. The van der Waals surface area contributed by atoms with Gasteiger partial charge in [0.1, 0.15) is 30.5 Å². The van der Waals surface area contributed by atoms with Gasteiger partial charge in [-0.2, -0.15) is 0 Å². The van der Waals surface area contributed by atoms with Gasteiger partial charge in [0.05, 0.1) is 25.4 Å². The summed E-state index contributed by atoms with van der Waals surface area (Å²) in [6.45, 7) is 0.212. The number of rotatable bonds is 5. The molecule has 2 fully saturated rings. The van der Waals surface area contributed by atoms with Crippen LogP contribution in [0.25, 0.3) is 0 Å². The van der Waals surface area contributed by atoms with E-state index in [-0.39, 0.29) is 6.42 Å². The summed E-state index contributed by atoms with van der Waals surface area (Å²) >= 11 is 0. The first-order chi connectivity index (χ1) is 11.8. The smallest absolute Gasteiger partial charge is 0.217 e. The fraction of sp³-hybridized carbons (Fsp3) is 0.929. The number of carbonyl (C=O) groups is 1. The normalized spacial score (nSPS) is 45.2. The van der Waals surface area contributed by atoms with Crippen molar-refractivity contribution in [3.63, 3.8) is 0 Å². The van der Waals surface area contributed by atoms with Gasteiger partial charge >= 0.3 is 0 Å². The minimum absolute atomic E-state index is 0.0630. The molecule has 2 heterocycles. The van der Waals surface area contributed by atoms with Crippen LogP contribution in [-0.4, -0.2) is 105 Å². The lowest BCUT2D eigenvalue weighted by molar-refractivity contribution is -0.327. The third kappa shape index (κ3) is 4.64. The average Bonchev–Trinajstić information content (AvgIpc) is 2.57. The molecule has 0 saturated carbocycles. The molecule has 146 valence electrons. The number of ether oxygens (including phenoxy) is 3. The Bertz CT molecular complexity index is 449. The first-order valence-electron chi connectivity index (χ1n) is 7.96. The van der Waals surface area contributed by atoms with Gasteiger partial charge in [0.15, 0.2) is 12.6 Å². The van der Waals surface area contributed by atoms with Crippen molar-refractivity contribution < 1.29 is 49.6 Å². The third-order valence-corrected chi connectivity index (χ3v) is 4.27. The lowest BCUT2D eigenvalue weighted by Gasteiger charge is -2.44. The van der Waals surface area contributed by atoms with Crippen molar-refractivity contribution in [3.8, 4) is 0 Å². The number of hydrogen-bond donors (Lipinski definition) is 7. The monoisotopic (exact) mass is 367 g/mol. The Kier molecular flexibility index (Phi) is 7.08. The Hall–Kier alpha value is -0.890. The lowest BCUT2D eigenvalue weighted by atomic mass is 9.97. The van der Waals surface area contributed by atoms with Crippen LogP contribution in [0.2, 0.25) is 0 Å². The fourth-order valence-corrected chi connectivity index (χ4v) is 2.94. The van der Waals surface area contributed by atoms with Crippen molar-refractivity contribution in [2.45, 2.75) is 68.6 Å². The highest BCUT2D eigenvalue weighted by molar-refractivity contribution is 5.73. The van der Waals surface area contributed by atoms with Crippen molar-refractivity contribution in [1.82, 2.24) is 5.32 Å². The van der Waals surface area contributed by atoms with Crippen LogP contribution >= 0.6 is 0 Å². The number of nitrogens with one attached hydrogen (secondary N) is 1. The molecule has 0 spiro atoms. The number of amides is 1. The molecule has 7 N–H and O–H groups in total. The highest BCUT2D eigenvalue weighted by atomic mass is 16.7. The molecule has 0 unspecified atom stereocenters. The molecule has 0 bridgehead atoms. The topological polar surface area (TPSA) is 178 Å². The summed E-state index contributed by atoms with van der Waals surface area (Å²) in [6, 6.07) is -1.01.